The Morgan fingerprint density at radius 2 is 2.13 bits per heavy atom. The van der Waals surface area contributed by atoms with Crippen LogP contribution >= 0.6 is 0 Å². The van der Waals surface area contributed by atoms with Crippen LogP contribution in [0.1, 0.15) is 35.8 Å². The summed E-state index contributed by atoms with van der Waals surface area (Å²) in [4.78, 5) is 23.1. The highest BCUT2D eigenvalue weighted by Gasteiger charge is 2.23. The average Bonchev–Trinajstić information content (AvgIpc) is 2.56. The molecule has 1 fully saturated rings. The van der Waals surface area contributed by atoms with E-state index in [1.165, 1.54) is 6.42 Å². The number of nitrogens with zero attached hydrogens (tertiary/aromatic N) is 3. The molecule has 23 heavy (non-hydrogen) atoms. The van der Waals surface area contributed by atoms with Gasteiger partial charge in [-0.3, -0.25) is 4.79 Å². The van der Waals surface area contributed by atoms with Gasteiger partial charge in [-0.2, -0.15) is 0 Å². The van der Waals surface area contributed by atoms with Gasteiger partial charge in [-0.25, -0.2) is 9.97 Å². The molecule has 1 aromatic carbocycles. The number of carbonyl (C=O) groups excluding carboxylic acids is 1. The topological polar surface area (TPSA) is 58.1 Å². The van der Waals surface area contributed by atoms with Crippen molar-refractivity contribution in [3.05, 3.63) is 47.8 Å². The van der Waals surface area contributed by atoms with Crippen molar-refractivity contribution in [2.45, 2.75) is 26.7 Å². The quantitative estimate of drug-likeness (QED) is 0.944. The van der Waals surface area contributed by atoms with Crippen molar-refractivity contribution in [1.29, 1.82) is 0 Å². The van der Waals surface area contributed by atoms with Gasteiger partial charge < -0.3 is 10.2 Å². The van der Waals surface area contributed by atoms with E-state index in [2.05, 4.69) is 22.2 Å². The van der Waals surface area contributed by atoms with Crippen LogP contribution in [0.25, 0.3) is 0 Å². The van der Waals surface area contributed by atoms with E-state index in [0.29, 0.717) is 17.6 Å². The van der Waals surface area contributed by atoms with E-state index in [0.717, 1.165) is 30.8 Å². The summed E-state index contributed by atoms with van der Waals surface area (Å²) in [7, 11) is 0. The molecule has 1 atom stereocenters. The molecule has 5 nitrogen and oxygen atoms in total. The molecular formula is C18H22N4O. The van der Waals surface area contributed by atoms with Crippen LogP contribution in [0.3, 0.4) is 0 Å². The second-order valence-corrected chi connectivity index (χ2v) is 6.20. The fourth-order valence-electron chi connectivity index (χ4n) is 2.91. The molecule has 120 valence electrons. The maximum Gasteiger partial charge on any atom is 0.272 e. The summed E-state index contributed by atoms with van der Waals surface area (Å²) in [6, 6.07) is 9.62. The first kappa shape index (κ1) is 15.5. The predicted octanol–water partition coefficient (Wildman–Crippen LogP) is 3.40. The molecule has 1 aromatic heterocycles. The van der Waals surface area contributed by atoms with E-state index < -0.39 is 0 Å². The van der Waals surface area contributed by atoms with E-state index in [-0.39, 0.29) is 5.91 Å². The smallest absolute Gasteiger partial charge is 0.272 e. The zero-order valence-electron chi connectivity index (χ0n) is 13.6. The van der Waals surface area contributed by atoms with Crippen LogP contribution in [0, 0.1) is 12.8 Å². The van der Waals surface area contributed by atoms with Gasteiger partial charge in [0, 0.05) is 25.0 Å². The summed E-state index contributed by atoms with van der Waals surface area (Å²) in [6.45, 7) is 5.83. The Balaban J connectivity index is 1.77. The van der Waals surface area contributed by atoms with Crippen molar-refractivity contribution in [1.82, 2.24) is 14.9 Å². The van der Waals surface area contributed by atoms with E-state index in [9.17, 15) is 4.79 Å². The number of likely N-dealkylation sites (tertiary alicyclic amines) is 1. The second kappa shape index (κ2) is 6.77. The Morgan fingerprint density at radius 3 is 2.91 bits per heavy atom. The maximum absolute atomic E-state index is 12.6. The summed E-state index contributed by atoms with van der Waals surface area (Å²) in [5, 5.41) is 3.19. The lowest BCUT2D eigenvalue weighted by Crippen LogP contribution is -2.39. The number of rotatable bonds is 3. The Kier molecular flexibility index (Phi) is 4.55. The third kappa shape index (κ3) is 3.67. The first-order chi connectivity index (χ1) is 11.1. The van der Waals surface area contributed by atoms with Crippen LogP contribution in [0.4, 0.5) is 11.6 Å². The van der Waals surface area contributed by atoms with Gasteiger partial charge in [-0.05, 0) is 43.4 Å². The van der Waals surface area contributed by atoms with Crippen LogP contribution in [0.15, 0.2) is 36.5 Å². The molecule has 1 saturated heterocycles. The Bertz CT molecular complexity index is 701. The Labute approximate surface area is 136 Å². The molecule has 2 aromatic rings. The third-order valence-electron chi connectivity index (χ3n) is 4.21. The lowest BCUT2D eigenvalue weighted by molar-refractivity contribution is 0.0677. The van der Waals surface area contributed by atoms with Gasteiger partial charge in [0.05, 0.1) is 0 Å². The van der Waals surface area contributed by atoms with Gasteiger partial charge in [0.15, 0.2) is 0 Å². The summed E-state index contributed by atoms with van der Waals surface area (Å²) >= 11 is 0. The number of carbonyl (C=O) groups is 1. The lowest BCUT2D eigenvalue weighted by atomic mass is 10.00. The number of hydrogen-bond acceptors (Lipinski definition) is 4. The zero-order chi connectivity index (χ0) is 16.2. The predicted molar refractivity (Wildman–Crippen MR) is 90.8 cm³/mol. The van der Waals surface area contributed by atoms with Crippen LogP contribution in [-0.4, -0.2) is 33.9 Å². The average molecular weight is 310 g/mol. The van der Waals surface area contributed by atoms with Crippen LogP contribution in [0.2, 0.25) is 0 Å². The number of anilines is 2. The zero-order valence-corrected chi connectivity index (χ0v) is 13.6. The van der Waals surface area contributed by atoms with E-state index in [1.54, 1.807) is 12.3 Å². The van der Waals surface area contributed by atoms with Gasteiger partial charge in [0.2, 0.25) is 5.95 Å². The minimum atomic E-state index is -0.00761. The minimum Gasteiger partial charge on any atom is -0.337 e. The highest BCUT2D eigenvalue weighted by molar-refractivity contribution is 5.92. The number of piperidine rings is 1. The molecule has 0 saturated carbocycles. The first-order valence-corrected chi connectivity index (χ1v) is 8.08. The van der Waals surface area contributed by atoms with Gasteiger partial charge in [-0.1, -0.05) is 25.1 Å². The van der Waals surface area contributed by atoms with Crippen molar-refractivity contribution in [2.24, 2.45) is 5.92 Å². The molecule has 5 heteroatoms. The lowest BCUT2D eigenvalue weighted by Gasteiger charge is -2.30. The van der Waals surface area contributed by atoms with E-state index in [4.69, 9.17) is 0 Å². The molecule has 2 heterocycles. The Hall–Kier alpha value is -2.43. The highest BCUT2D eigenvalue weighted by Crippen LogP contribution is 2.19. The monoisotopic (exact) mass is 310 g/mol. The minimum absolute atomic E-state index is 0.00761. The van der Waals surface area contributed by atoms with Gasteiger partial charge >= 0.3 is 0 Å². The van der Waals surface area contributed by atoms with Crippen molar-refractivity contribution in [2.75, 3.05) is 18.4 Å². The number of nitrogens with one attached hydrogen (secondary N) is 1. The summed E-state index contributed by atoms with van der Waals surface area (Å²) in [5.74, 6) is 1.00. The number of amides is 1. The van der Waals surface area contributed by atoms with E-state index in [1.807, 2.05) is 36.1 Å². The fraction of sp³-hybridized carbons (Fsp3) is 0.389. The van der Waals surface area contributed by atoms with Crippen molar-refractivity contribution < 1.29 is 4.79 Å². The molecule has 1 amide bonds. The molecule has 3 rings (SSSR count). The van der Waals surface area contributed by atoms with E-state index >= 15 is 0 Å². The number of para-hydroxylation sites is 1. The van der Waals surface area contributed by atoms with Crippen LogP contribution < -0.4 is 5.32 Å². The molecule has 1 aliphatic rings. The largest absolute Gasteiger partial charge is 0.337 e. The fourth-order valence-corrected chi connectivity index (χ4v) is 2.91. The standard InChI is InChI=1S/C18H22N4O/c1-13-6-5-11-22(12-13)17(23)16-9-10-19-18(21-16)20-15-8-4-3-7-14(15)2/h3-4,7-10,13H,5-6,11-12H2,1-2H3,(H,19,20,21). The van der Waals surface area contributed by atoms with Gasteiger partial charge in [0.25, 0.3) is 5.91 Å². The number of aryl methyl sites for hydroxylation is 1. The second-order valence-electron chi connectivity index (χ2n) is 6.20. The Morgan fingerprint density at radius 1 is 1.30 bits per heavy atom. The first-order valence-electron chi connectivity index (χ1n) is 8.08. The molecule has 1 N–H and O–H groups in total. The SMILES string of the molecule is Cc1ccccc1Nc1nccc(C(=O)N2CCCC(C)C2)n1. The molecule has 0 spiro atoms. The summed E-state index contributed by atoms with van der Waals surface area (Å²) in [5.41, 5.74) is 2.51. The molecule has 1 aliphatic heterocycles. The van der Waals surface area contributed by atoms with Crippen molar-refractivity contribution in [3.63, 3.8) is 0 Å². The molecule has 0 aliphatic carbocycles. The molecule has 0 radical (unpaired) electrons. The third-order valence-corrected chi connectivity index (χ3v) is 4.21. The van der Waals surface area contributed by atoms with Gasteiger partial charge in [-0.15, -0.1) is 0 Å². The van der Waals surface area contributed by atoms with Crippen molar-refractivity contribution in [3.8, 4) is 0 Å². The summed E-state index contributed by atoms with van der Waals surface area (Å²) < 4.78 is 0. The maximum atomic E-state index is 12.6. The molecule has 1 unspecified atom stereocenters. The number of aromatic nitrogens is 2. The molecular weight excluding hydrogens is 288 g/mol. The number of hydrogen-bond donors (Lipinski definition) is 1. The summed E-state index contributed by atoms with van der Waals surface area (Å²) in [6.07, 6.45) is 3.88. The normalized spacial score (nSPS) is 17.8. The molecule has 0 bridgehead atoms. The van der Waals surface area contributed by atoms with Gasteiger partial charge in [0.1, 0.15) is 5.69 Å². The highest BCUT2D eigenvalue weighted by atomic mass is 16.2. The van der Waals surface area contributed by atoms with Crippen molar-refractivity contribution >= 4 is 17.5 Å². The number of benzene rings is 1. The van der Waals surface area contributed by atoms with Crippen LogP contribution in [-0.2, 0) is 0 Å². The van der Waals surface area contributed by atoms with Crippen LogP contribution in [0.5, 0.6) is 0 Å².